The van der Waals surface area contributed by atoms with Crippen LogP contribution in [0.2, 0.25) is 0 Å². The fourth-order valence-corrected chi connectivity index (χ4v) is 1.99. The van der Waals surface area contributed by atoms with Gasteiger partial charge in [-0.25, -0.2) is 4.98 Å². The second-order valence-electron chi connectivity index (χ2n) is 4.50. The molecule has 1 aliphatic rings. The Bertz CT molecular complexity index is 393. The lowest BCUT2D eigenvalue weighted by Crippen LogP contribution is -2.45. The molecule has 0 aliphatic carbocycles. The Balaban J connectivity index is 1.94. The van der Waals surface area contributed by atoms with Gasteiger partial charge in [-0.2, -0.15) is 4.39 Å². The summed E-state index contributed by atoms with van der Waals surface area (Å²) in [5.74, 6) is -0.0734. The van der Waals surface area contributed by atoms with Crippen molar-refractivity contribution in [3.8, 4) is 0 Å². The van der Waals surface area contributed by atoms with Crippen molar-refractivity contribution in [1.29, 1.82) is 0 Å². The Morgan fingerprint density at radius 1 is 1.59 bits per heavy atom. The van der Waals surface area contributed by atoms with E-state index >= 15 is 0 Å². The molecule has 2 atom stereocenters. The van der Waals surface area contributed by atoms with E-state index in [4.69, 9.17) is 0 Å². The van der Waals surface area contributed by atoms with Crippen molar-refractivity contribution in [3.63, 3.8) is 0 Å². The molecule has 2 unspecified atom stereocenters. The maximum absolute atomic E-state index is 12.6. The minimum atomic E-state index is -0.549. The Morgan fingerprint density at radius 3 is 3.06 bits per heavy atom. The molecular weight excluding hydrogens is 221 g/mol. The molecule has 1 saturated heterocycles. The van der Waals surface area contributed by atoms with Crippen LogP contribution in [-0.2, 0) is 4.79 Å². The molecule has 2 N–H and O–H groups in total. The van der Waals surface area contributed by atoms with Gasteiger partial charge in [0.05, 0.1) is 17.9 Å². The number of anilines is 1. The summed E-state index contributed by atoms with van der Waals surface area (Å²) in [6.07, 6.45) is 3.25. The first kappa shape index (κ1) is 12.0. The number of carbonyl (C=O) groups excluding carboxylic acids is 1. The third-order valence-electron chi connectivity index (χ3n) is 2.98. The van der Waals surface area contributed by atoms with Crippen molar-refractivity contribution in [2.45, 2.75) is 25.8 Å². The third-order valence-corrected chi connectivity index (χ3v) is 2.98. The summed E-state index contributed by atoms with van der Waals surface area (Å²) in [7, 11) is 0. The summed E-state index contributed by atoms with van der Waals surface area (Å²) in [5, 5.41) is 5.90. The lowest BCUT2D eigenvalue weighted by atomic mass is 9.94. The van der Waals surface area contributed by atoms with E-state index in [0.29, 0.717) is 11.6 Å². The largest absolute Gasteiger partial charge is 0.323 e. The van der Waals surface area contributed by atoms with Crippen molar-refractivity contribution in [2.75, 3.05) is 11.9 Å². The molecule has 0 bridgehead atoms. The molecule has 0 aromatic carbocycles. The van der Waals surface area contributed by atoms with Crippen LogP contribution in [0.5, 0.6) is 0 Å². The van der Waals surface area contributed by atoms with Crippen LogP contribution in [0, 0.1) is 11.9 Å². The molecule has 2 rings (SSSR count). The zero-order chi connectivity index (χ0) is 12.3. The van der Waals surface area contributed by atoms with Crippen molar-refractivity contribution in [1.82, 2.24) is 10.3 Å². The maximum atomic E-state index is 12.6. The topological polar surface area (TPSA) is 54.0 Å². The predicted molar refractivity (Wildman–Crippen MR) is 63.0 cm³/mol. The fourth-order valence-electron chi connectivity index (χ4n) is 1.99. The zero-order valence-corrected chi connectivity index (χ0v) is 9.74. The predicted octanol–water partition coefficient (Wildman–Crippen LogP) is 1.55. The third kappa shape index (κ3) is 3.23. The van der Waals surface area contributed by atoms with Gasteiger partial charge in [0, 0.05) is 0 Å². The molecule has 2 heterocycles. The number of hydrogen-bond acceptors (Lipinski definition) is 3. The van der Waals surface area contributed by atoms with Crippen molar-refractivity contribution >= 4 is 11.6 Å². The van der Waals surface area contributed by atoms with Crippen LogP contribution in [0.1, 0.15) is 19.8 Å². The minimum absolute atomic E-state index is 0.0787. The summed E-state index contributed by atoms with van der Waals surface area (Å²) in [5.41, 5.74) is 0.524. The number of amides is 1. The first-order valence-corrected chi connectivity index (χ1v) is 5.81. The number of nitrogens with one attached hydrogen (secondary N) is 2. The van der Waals surface area contributed by atoms with E-state index in [1.165, 1.54) is 18.3 Å². The van der Waals surface area contributed by atoms with Crippen LogP contribution in [0.25, 0.3) is 0 Å². The highest BCUT2D eigenvalue weighted by molar-refractivity contribution is 5.94. The highest BCUT2D eigenvalue weighted by atomic mass is 19.1. The van der Waals surface area contributed by atoms with Crippen LogP contribution in [0.15, 0.2) is 18.3 Å². The van der Waals surface area contributed by atoms with Gasteiger partial charge >= 0.3 is 0 Å². The molecule has 5 heteroatoms. The average Bonchev–Trinajstić information content (AvgIpc) is 2.32. The molecule has 4 nitrogen and oxygen atoms in total. The summed E-state index contributed by atoms with van der Waals surface area (Å²) >= 11 is 0. The van der Waals surface area contributed by atoms with Crippen LogP contribution in [0.4, 0.5) is 10.1 Å². The highest BCUT2D eigenvalue weighted by Crippen LogP contribution is 2.16. The van der Waals surface area contributed by atoms with E-state index < -0.39 is 5.95 Å². The number of hydrogen-bond donors (Lipinski definition) is 2. The first-order valence-electron chi connectivity index (χ1n) is 5.81. The van der Waals surface area contributed by atoms with E-state index in [1.807, 2.05) is 0 Å². The van der Waals surface area contributed by atoms with E-state index in [9.17, 15) is 9.18 Å². The lowest BCUT2D eigenvalue weighted by molar-refractivity contribution is -0.119. The van der Waals surface area contributed by atoms with E-state index in [1.54, 1.807) is 0 Å². The minimum Gasteiger partial charge on any atom is -0.323 e. The van der Waals surface area contributed by atoms with Crippen molar-refractivity contribution in [3.05, 3.63) is 24.3 Å². The lowest BCUT2D eigenvalue weighted by Gasteiger charge is -2.27. The van der Waals surface area contributed by atoms with Gasteiger partial charge in [-0.1, -0.05) is 6.92 Å². The SMILES string of the molecule is CC1CCNC(C(=O)Nc2ccc(F)nc2)C1. The van der Waals surface area contributed by atoms with Gasteiger partial charge in [-0.05, 0) is 37.4 Å². The van der Waals surface area contributed by atoms with E-state index in [0.717, 1.165) is 19.4 Å². The summed E-state index contributed by atoms with van der Waals surface area (Å²) in [4.78, 5) is 15.4. The van der Waals surface area contributed by atoms with Crippen LogP contribution >= 0.6 is 0 Å². The molecule has 92 valence electrons. The van der Waals surface area contributed by atoms with Crippen LogP contribution < -0.4 is 10.6 Å². The average molecular weight is 237 g/mol. The monoisotopic (exact) mass is 237 g/mol. The molecule has 1 aromatic heterocycles. The van der Waals surface area contributed by atoms with E-state index in [-0.39, 0.29) is 11.9 Å². The summed E-state index contributed by atoms with van der Waals surface area (Å²) in [6, 6.07) is 2.57. The standard InChI is InChI=1S/C12H16FN3O/c1-8-4-5-14-10(6-8)12(17)16-9-2-3-11(13)15-7-9/h2-3,7-8,10,14H,4-6H2,1H3,(H,16,17). The molecule has 1 fully saturated rings. The Hall–Kier alpha value is -1.49. The smallest absolute Gasteiger partial charge is 0.241 e. The van der Waals surface area contributed by atoms with E-state index in [2.05, 4.69) is 22.5 Å². The zero-order valence-electron chi connectivity index (χ0n) is 9.74. The number of rotatable bonds is 2. The molecule has 1 amide bonds. The van der Waals surface area contributed by atoms with Crippen LogP contribution in [-0.4, -0.2) is 23.5 Å². The molecule has 17 heavy (non-hydrogen) atoms. The fraction of sp³-hybridized carbons (Fsp3) is 0.500. The molecule has 0 saturated carbocycles. The van der Waals surface area contributed by atoms with Gasteiger partial charge in [-0.15, -0.1) is 0 Å². The number of carbonyl (C=O) groups is 1. The Morgan fingerprint density at radius 2 is 2.41 bits per heavy atom. The van der Waals surface area contributed by atoms with Gasteiger partial charge in [0.1, 0.15) is 0 Å². The maximum Gasteiger partial charge on any atom is 0.241 e. The van der Waals surface area contributed by atoms with Gasteiger partial charge in [0.25, 0.3) is 0 Å². The Labute approximate surface area is 99.6 Å². The van der Waals surface area contributed by atoms with Gasteiger partial charge in [0.15, 0.2) is 0 Å². The van der Waals surface area contributed by atoms with Crippen molar-refractivity contribution < 1.29 is 9.18 Å². The number of pyridine rings is 1. The normalized spacial score (nSPS) is 24.4. The molecule has 1 aliphatic heterocycles. The summed E-state index contributed by atoms with van der Waals surface area (Å²) < 4.78 is 12.6. The first-order chi connectivity index (χ1) is 8.15. The quantitative estimate of drug-likeness (QED) is 0.767. The highest BCUT2D eigenvalue weighted by Gasteiger charge is 2.24. The number of piperidine rings is 1. The van der Waals surface area contributed by atoms with Gasteiger partial charge in [-0.3, -0.25) is 4.79 Å². The molecule has 0 spiro atoms. The second kappa shape index (κ2) is 5.23. The number of halogens is 1. The molecular formula is C12H16FN3O. The van der Waals surface area contributed by atoms with Crippen LogP contribution in [0.3, 0.4) is 0 Å². The molecule has 1 aromatic rings. The number of aromatic nitrogens is 1. The molecule has 0 radical (unpaired) electrons. The van der Waals surface area contributed by atoms with Gasteiger partial charge in [0.2, 0.25) is 11.9 Å². The summed E-state index contributed by atoms with van der Waals surface area (Å²) in [6.45, 7) is 3.00. The Kier molecular flexibility index (Phi) is 3.68. The van der Waals surface area contributed by atoms with Gasteiger partial charge < -0.3 is 10.6 Å². The van der Waals surface area contributed by atoms with Crippen molar-refractivity contribution in [2.24, 2.45) is 5.92 Å². The second-order valence-corrected chi connectivity index (χ2v) is 4.50. The number of nitrogens with zero attached hydrogens (tertiary/aromatic N) is 1.